The molecular weight excluding hydrogens is 292 g/mol. The molecule has 0 heterocycles. The molecule has 114 valence electrons. The first-order chi connectivity index (χ1) is 11.0. The Balaban J connectivity index is 1.97. The van der Waals surface area contributed by atoms with Gasteiger partial charge in [-0.1, -0.05) is 36.4 Å². The highest BCUT2D eigenvalue weighted by Gasteiger charge is 2.29. The number of carbonyl (C=O) groups excluding carboxylic acids is 4. The van der Waals surface area contributed by atoms with Crippen molar-refractivity contribution in [1.29, 1.82) is 0 Å². The lowest BCUT2D eigenvalue weighted by atomic mass is 9.83. The second-order valence-electron chi connectivity index (χ2n) is 5.68. The first kappa shape index (κ1) is 15.0. The Morgan fingerprint density at radius 1 is 0.826 bits per heavy atom. The lowest BCUT2D eigenvalue weighted by molar-refractivity contribution is -0.125. The number of rotatable bonds is 4. The second kappa shape index (κ2) is 5.72. The lowest BCUT2D eigenvalue weighted by Gasteiger charge is -2.17. The standard InChI is InChI=1S/C19H14O4/c1-11(20)8-13(21)9-12-6-7-16-17(10-12)19(23)15-5-3-2-4-14(15)18(16)22/h2-7,10H,8-9H2,1H3. The predicted octanol–water partition coefficient (Wildman–Crippen LogP) is 2.55. The Labute approximate surface area is 133 Å². The molecule has 0 radical (unpaired) electrons. The fourth-order valence-electron chi connectivity index (χ4n) is 2.82. The van der Waals surface area contributed by atoms with Crippen LogP contribution in [0.2, 0.25) is 0 Å². The summed E-state index contributed by atoms with van der Waals surface area (Å²) in [6.45, 7) is 1.36. The minimum Gasteiger partial charge on any atom is -0.300 e. The van der Waals surface area contributed by atoms with Crippen molar-refractivity contribution in [3.05, 3.63) is 70.3 Å². The van der Waals surface area contributed by atoms with Crippen molar-refractivity contribution in [1.82, 2.24) is 0 Å². The van der Waals surface area contributed by atoms with Gasteiger partial charge in [-0.3, -0.25) is 19.2 Å². The molecule has 0 bridgehead atoms. The Morgan fingerprint density at radius 2 is 1.39 bits per heavy atom. The Bertz CT molecular complexity index is 861. The van der Waals surface area contributed by atoms with Crippen LogP contribution in [0.15, 0.2) is 42.5 Å². The largest absolute Gasteiger partial charge is 0.300 e. The van der Waals surface area contributed by atoms with Crippen LogP contribution in [-0.4, -0.2) is 23.1 Å². The molecule has 4 heteroatoms. The smallest absolute Gasteiger partial charge is 0.194 e. The van der Waals surface area contributed by atoms with Crippen molar-refractivity contribution < 1.29 is 19.2 Å². The normalized spacial score (nSPS) is 12.6. The minimum absolute atomic E-state index is 0.0793. The average Bonchev–Trinajstić information content (AvgIpc) is 2.51. The van der Waals surface area contributed by atoms with Gasteiger partial charge in [-0.2, -0.15) is 0 Å². The molecule has 2 aromatic carbocycles. The first-order valence-corrected chi connectivity index (χ1v) is 7.30. The quantitative estimate of drug-likeness (QED) is 0.695. The van der Waals surface area contributed by atoms with Gasteiger partial charge in [0, 0.05) is 28.7 Å². The van der Waals surface area contributed by atoms with E-state index in [1.165, 1.54) is 6.92 Å². The van der Waals surface area contributed by atoms with E-state index in [1.54, 1.807) is 42.5 Å². The zero-order chi connectivity index (χ0) is 16.6. The van der Waals surface area contributed by atoms with Crippen LogP contribution in [0.4, 0.5) is 0 Å². The van der Waals surface area contributed by atoms with E-state index in [1.807, 2.05) is 0 Å². The summed E-state index contributed by atoms with van der Waals surface area (Å²) in [6.07, 6.45) is -0.0389. The lowest BCUT2D eigenvalue weighted by Crippen LogP contribution is -2.21. The molecule has 23 heavy (non-hydrogen) atoms. The van der Waals surface area contributed by atoms with Crippen LogP contribution < -0.4 is 0 Å². The molecule has 0 saturated heterocycles. The maximum atomic E-state index is 12.6. The summed E-state index contributed by atoms with van der Waals surface area (Å²) in [6, 6.07) is 11.6. The maximum Gasteiger partial charge on any atom is 0.194 e. The number of hydrogen-bond donors (Lipinski definition) is 0. The molecule has 0 aromatic heterocycles. The van der Waals surface area contributed by atoms with E-state index in [-0.39, 0.29) is 36.0 Å². The second-order valence-corrected chi connectivity index (χ2v) is 5.68. The van der Waals surface area contributed by atoms with Gasteiger partial charge in [-0.15, -0.1) is 0 Å². The van der Waals surface area contributed by atoms with Gasteiger partial charge in [0.25, 0.3) is 0 Å². The topological polar surface area (TPSA) is 68.3 Å². The van der Waals surface area contributed by atoms with Crippen molar-refractivity contribution in [2.24, 2.45) is 0 Å². The van der Waals surface area contributed by atoms with Gasteiger partial charge < -0.3 is 0 Å². The van der Waals surface area contributed by atoms with E-state index in [0.717, 1.165) is 0 Å². The Morgan fingerprint density at radius 3 is 2.00 bits per heavy atom. The molecule has 0 spiro atoms. The monoisotopic (exact) mass is 306 g/mol. The van der Waals surface area contributed by atoms with Crippen LogP contribution in [0.3, 0.4) is 0 Å². The van der Waals surface area contributed by atoms with E-state index in [4.69, 9.17) is 0 Å². The molecule has 0 unspecified atom stereocenters. The summed E-state index contributed by atoms with van der Waals surface area (Å²) in [5.41, 5.74) is 2.11. The number of benzene rings is 2. The van der Waals surface area contributed by atoms with Gasteiger partial charge in [0.05, 0.1) is 6.42 Å². The van der Waals surface area contributed by atoms with Crippen molar-refractivity contribution in [2.75, 3.05) is 0 Å². The molecule has 0 aliphatic heterocycles. The maximum absolute atomic E-state index is 12.6. The van der Waals surface area contributed by atoms with Crippen LogP contribution >= 0.6 is 0 Å². The van der Waals surface area contributed by atoms with Gasteiger partial charge in [0.1, 0.15) is 11.6 Å². The molecule has 0 N–H and O–H groups in total. The molecule has 3 rings (SSSR count). The number of ketones is 4. The fraction of sp³-hybridized carbons (Fsp3) is 0.158. The average molecular weight is 306 g/mol. The highest BCUT2D eigenvalue weighted by atomic mass is 16.2. The Kier molecular flexibility index (Phi) is 3.74. The van der Waals surface area contributed by atoms with Gasteiger partial charge in [0.2, 0.25) is 0 Å². The number of hydrogen-bond acceptors (Lipinski definition) is 4. The van der Waals surface area contributed by atoms with Crippen LogP contribution in [-0.2, 0) is 16.0 Å². The first-order valence-electron chi connectivity index (χ1n) is 7.30. The number of fused-ring (bicyclic) bond motifs is 2. The molecule has 0 saturated carbocycles. The third-order valence-electron chi connectivity index (χ3n) is 3.84. The zero-order valence-electron chi connectivity index (χ0n) is 12.6. The van der Waals surface area contributed by atoms with E-state index in [0.29, 0.717) is 27.8 Å². The van der Waals surface area contributed by atoms with Crippen molar-refractivity contribution in [2.45, 2.75) is 19.8 Å². The summed E-state index contributed by atoms with van der Waals surface area (Å²) in [5, 5.41) is 0. The van der Waals surface area contributed by atoms with Crippen LogP contribution in [0.25, 0.3) is 0 Å². The third-order valence-corrected chi connectivity index (χ3v) is 3.84. The predicted molar refractivity (Wildman–Crippen MR) is 83.8 cm³/mol. The van der Waals surface area contributed by atoms with E-state index >= 15 is 0 Å². The molecule has 1 aliphatic rings. The molecule has 0 fully saturated rings. The zero-order valence-corrected chi connectivity index (χ0v) is 12.6. The van der Waals surface area contributed by atoms with Crippen molar-refractivity contribution in [3.63, 3.8) is 0 Å². The van der Waals surface area contributed by atoms with Gasteiger partial charge in [0.15, 0.2) is 11.6 Å². The van der Waals surface area contributed by atoms with Crippen molar-refractivity contribution in [3.8, 4) is 0 Å². The van der Waals surface area contributed by atoms with Gasteiger partial charge >= 0.3 is 0 Å². The summed E-state index contributed by atoms with van der Waals surface area (Å²) < 4.78 is 0. The Hall–Kier alpha value is -2.88. The van der Waals surface area contributed by atoms with Gasteiger partial charge in [-0.25, -0.2) is 0 Å². The van der Waals surface area contributed by atoms with Crippen LogP contribution in [0, 0.1) is 0 Å². The third kappa shape index (κ3) is 2.75. The highest BCUT2D eigenvalue weighted by Crippen LogP contribution is 2.28. The summed E-state index contributed by atoms with van der Waals surface area (Å²) in [7, 11) is 0. The van der Waals surface area contributed by atoms with Crippen LogP contribution in [0.1, 0.15) is 50.8 Å². The van der Waals surface area contributed by atoms with E-state index in [9.17, 15) is 19.2 Å². The molecule has 2 aromatic rings. The highest BCUT2D eigenvalue weighted by molar-refractivity contribution is 6.28. The van der Waals surface area contributed by atoms with Crippen LogP contribution in [0.5, 0.6) is 0 Å². The molecule has 1 aliphatic carbocycles. The van der Waals surface area contributed by atoms with E-state index < -0.39 is 0 Å². The number of carbonyl (C=O) groups is 4. The molecule has 0 atom stereocenters. The van der Waals surface area contributed by atoms with Gasteiger partial charge in [-0.05, 0) is 18.6 Å². The fourth-order valence-corrected chi connectivity index (χ4v) is 2.82. The SMILES string of the molecule is CC(=O)CC(=O)Cc1ccc2c(c1)C(=O)c1ccccc1C2=O. The van der Waals surface area contributed by atoms with E-state index in [2.05, 4.69) is 0 Å². The summed E-state index contributed by atoms with van der Waals surface area (Å²) in [4.78, 5) is 47.8. The van der Waals surface area contributed by atoms with Crippen molar-refractivity contribution >= 4 is 23.1 Å². The summed E-state index contributed by atoms with van der Waals surface area (Å²) in [5.74, 6) is -0.784. The molecule has 0 amide bonds. The molecular formula is C19H14O4. The minimum atomic E-state index is -0.212. The summed E-state index contributed by atoms with van der Waals surface area (Å²) >= 11 is 0. The molecule has 4 nitrogen and oxygen atoms in total. The number of Topliss-reactive ketones (excluding diaryl/α,β-unsaturated/α-hetero) is 2.